The molecule has 0 bridgehead atoms. The van der Waals surface area contributed by atoms with Crippen molar-refractivity contribution in [2.75, 3.05) is 6.61 Å². The highest BCUT2D eigenvalue weighted by Gasteiger charge is 2.22. The lowest BCUT2D eigenvalue weighted by Gasteiger charge is -2.29. The Labute approximate surface area is 247 Å². The first-order valence-electron chi connectivity index (χ1n) is 15.7. The maximum Gasteiger partial charge on any atom is 0.333 e. The lowest BCUT2D eigenvalue weighted by atomic mass is 9.77. The second-order valence-corrected chi connectivity index (χ2v) is 11.9. The third-order valence-corrected chi connectivity index (χ3v) is 8.90. The predicted octanol–water partition coefficient (Wildman–Crippen LogP) is 9.59. The molecule has 3 aromatic rings. The van der Waals surface area contributed by atoms with Gasteiger partial charge in [0.15, 0.2) is 0 Å². The van der Waals surface area contributed by atoms with E-state index in [9.17, 15) is 9.90 Å². The minimum absolute atomic E-state index is 0.0417. The third-order valence-electron chi connectivity index (χ3n) is 8.90. The fourth-order valence-electron chi connectivity index (χ4n) is 6.32. The van der Waals surface area contributed by atoms with E-state index in [0.29, 0.717) is 17.9 Å². The Morgan fingerprint density at radius 1 is 0.854 bits per heavy atom. The molecule has 41 heavy (non-hydrogen) atoms. The quantitative estimate of drug-likeness (QED) is 0.130. The fourth-order valence-corrected chi connectivity index (χ4v) is 6.32. The normalized spacial score (nSPS) is 16.9. The van der Waals surface area contributed by atoms with Gasteiger partial charge in [-0.2, -0.15) is 0 Å². The van der Waals surface area contributed by atoms with Crippen molar-refractivity contribution in [1.82, 2.24) is 0 Å². The van der Waals surface area contributed by atoms with Crippen LogP contribution in [0.3, 0.4) is 0 Å². The second kappa shape index (κ2) is 15.2. The number of aryl methyl sites for hydroxylation is 1. The number of hydrogen-bond donors (Lipinski definition) is 1. The summed E-state index contributed by atoms with van der Waals surface area (Å²) in [5.74, 6) is 1.27. The Morgan fingerprint density at radius 2 is 1.54 bits per heavy atom. The highest BCUT2D eigenvalue weighted by molar-refractivity contribution is 5.86. The van der Waals surface area contributed by atoms with E-state index in [-0.39, 0.29) is 19.2 Å². The Morgan fingerprint density at radius 3 is 2.20 bits per heavy atom. The van der Waals surface area contributed by atoms with E-state index in [2.05, 4.69) is 75.0 Å². The predicted molar refractivity (Wildman–Crippen MR) is 171 cm³/mol. The summed E-state index contributed by atoms with van der Waals surface area (Å²) in [6.07, 6.45) is 12.4. The largest absolute Gasteiger partial charge is 0.462 e. The Kier molecular flexibility index (Phi) is 11.4. The molecule has 1 aliphatic carbocycles. The summed E-state index contributed by atoms with van der Waals surface area (Å²) in [5, 5.41) is 9.87. The van der Waals surface area contributed by atoms with E-state index in [0.717, 1.165) is 29.0 Å². The van der Waals surface area contributed by atoms with Crippen molar-refractivity contribution < 1.29 is 14.6 Å². The van der Waals surface area contributed by atoms with Crippen molar-refractivity contribution in [1.29, 1.82) is 0 Å². The molecule has 0 spiro atoms. The van der Waals surface area contributed by atoms with Crippen LogP contribution in [0.25, 0.3) is 22.3 Å². The number of carbonyl (C=O) groups excluding carboxylic acids is 1. The van der Waals surface area contributed by atoms with E-state index in [4.69, 9.17) is 4.74 Å². The highest BCUT2D eigenvalue weighted by Crippen LogP contribution is 2.38. The molecule has 0 aliphatic heterocycles. The minimum Gasteiger partial charge on any atom is -0.462 e. The third kappa shape index (κ3) is 8.20. The van der Waals surface area contributed by atoms with Gasteiger partial charge in [-0.05, 0) is 95.4 Å². The van der Waals surface area contributed by atoms with Crippen LogP contribution in [0.5, 0.6) is 0 Å². The van der Waals surface area contributed by atoms with Crippen LogP contribution in [-0.2, 0) is 29.0 Å². The molecule has 4 rings (SSSR count). The molecule has 0 unspecified atom stereocenters. The molecule has 0 atom stereocenters. The first-order valence-corrected chi connectivity index (χ1v) is 15.7. The van der Waals surface area contributed by atoms with Crippen molar-refractivity contribution in [2.24, 2.45) is 5.92 Å². The van der Waals surface area contributed by atoms with Crippen LogP contribution in [-0.4, -0.2) is 17.7 Å². The van der Waals surface area contributed by atoms with Gasteiger partial charge in [0.25, 0.3) is 0 Å². The van der Waals surface area contributed by atoms with E-state index in [1.54, 1.807) is 6.92 Å². The number of aliphatic hydroxyl groups is 1. The smallest absolute Gasteiger partial charge is 0.333 e. The zero-order valence-corrected chi connectivity index (χ0v) is 25.4. The first-order chi connectivity index (χ1) is 19.9. The number of rotatable bonds is 13. The maximum absolute atomic E-state index is 11.8. The van der Waals surface area contributed by atoms with Crippen molar-refractivity contribution >= 4 is 5.97 Å². The zero-order chi connectivity index (χ0) is 29.2. The van der Waals surface area contributed by atoms with E-state index < -0.39 is 0 Å². The number of ether oxygens (including phenoxy) is 1. The van der Waals surface area contributed by atoms with Crippen LogP contribution in [0, 0.1) is 5.92 Å². The van der Waals surface area contributed by atoms with Gasteiger partial charge in [-0.3, -0.25) is 0 Å². The number of aliphatic hydroxyl groups excluding tert-OH is 1. The number of unbranched alkanes of at least 4 members (excludes halogenated alkanes) is 2. The Balaban J connectivity index is 1.45. The zero-order valence-electron chi connectivity index (χ0n) is 25.4. The first kappa shape index (κ1) is 30.8. The van der Waals surface area contributed by atoms with E-state index in [1.807, 2.05) is 6.07 Å². The molecule has 0 amide bonds. The van der Waals surface area contributed by atoms with Gasteiger partial charge in [-0.25, -0.2) is 4.79 Å². The summed E-state index contributed by atoms with van der Waals surface area (Å²) in [7, 11) is 0. The van der Waals surface area contributed by atoms with Gasteiger partial charge < -0.3 is 9.84 Å². The molecule has 3 aromatic carbocycles. The molecule has 0 aromatic heterocycles. The summed E-state index contributed by atoms with van der Waals surface area (Å²) in [5.41, 5.74) is 9.87. The molecule has 1 fully saturated rings. The molecular weight excluding hydrogens is 504 g/mol. The van der Waals surface area contributed by atoms with Gasteiger partial charge in [0.2, 0.25) is 0 Å². The molecule has 1 N–H and O–H groups in total. The SMILES string of the molecule is C=C(C)C(=O)OCCc1cc(-c2ccc(-c3ccc(C4CCC(CCCCC)CC4)cc3)cc2CC)ccc1CO. The van der Waals surface area contributed by atoms with Gasteiger partial charge in [0.05, 0.1) is 13.2 Å². The summed E-state index contributed by atoms with van der Waals surface area (Å²) in [6.45, 7) is 10.00. The average Bonchev–Trinajstić information content (AvgIpc) is 3.01. The monoisotopic (exact) mass is 552 g/mol. The van der Waals surface area contributed by atoms with Gasteiger partial charge in [-0.15, -0.1) is 0 Å². The molecular formula is C38H48O3. The van der Waals surface area contributed by atoms with Crippen LogP contribution < -0.4 is 0 Å². The van der Waals surface area contributed by atoms with E-state index in [1.165, 1.54) is 79.2 Å². The van der Waals surface area contributed by atoms with Crippen LogP contribution in [0.15, 0.2) is 72.8 Å². The Hall–Kier alpha value is -3.17. The van der Waals surface area contributed by atoms with Gasteiger partial charge in [0, 0.05) is 12.0 Å². The number of esters is 1. The second-order valence-electron chi connectivity index (χ2n) is 11.9. The van der Waals surface area contributed by atoms with Crippen molar-refractivity contribution in [3.63, 3.8) is 0 Å². The van der Waals surface area contributed by atoms with Crippen molar-refractivity contribution in [2.45, 2.75) is 97.5 Å². The molecule has 3 heteroatoms. The summed E-state index contributed by atoms with van der Waals surface area (Å²) >= 11 is 0. The highest BCUT2D eigenvalue weighted by atomic mass is 16.5. The van der Waals surface area contributed by atoms with Crippen LogP contribution in [0.4, 0.5) is 0 Å². The molecule has 1 saturated carbocycles. The van der Waals surface area contributed by atoms with Crippen LogP contribution in [0.1, 0.15) is 100 Å². The lowest BCUT2D eigenvalue weighted by molar-refractivity contribution is -0.138. The van der Waals surface area contributed by atoms with Crippen LogP contribution in [0.2, 0.25) is 0 Å². The lowest BCUT2D eigenvalue weighted by Crippen LogP contribution is -2.13. The molecule has 0 radical (unpaired) electrons. The van der Waals surface area contributed by atoms with Crippen molar-refractivity contribution in [3.8, 4) is 22.3 Å². The standard InChI is InChI=1S/C38H48O3/c1-5-7-8-9-28-10-12-30(13-11-28)31-14-16-32(17-15-31)33-20-21-37(29(6-2)24-33)35-18-19-36(26-39)34(25-35)22-23-41-38(40)27(3)4/h14-21,24-25,28,30,39H,3,5-13,22-23,26H2,1-2,4H3. The summed E-state index contributed by atoms with van der Waals surface area (Å²) < 4.78 is 5.31. The Bertz CT molecular complexity index is 1300. The molecule has 0 heterocycles. The molecule has 1 aliphatic rings. The molecule has 3 nitrogen and oxygen atoms in total. The molecule has 218 valence electrons. The number of benzene rings is 3. The fraction of sp³-hybridized carbons (Fsp3) is 0.447. The average molecular weight is 553 g/mol. The van der Waals surface area contributed by atoms with Crippen LogP contribution >= 0.6 is 0 Å². The summed E-state index contributed by atoms with van der Waals surface area (Å²) in [4.78, 5) is 11.8. The van der Waals surface area contributed by atoms with Gasteiger partial charge in [0.1, 0.15) is 0 Å². The maximum atomic E-state index is 11.8. The van der Waals surface area contributed by atoms with Crippen molar-refractivity contribution in [3.05, 3.63) is 95.1 Å². The topological polar surface area (TPSA) is 46.5 Å². The number of hydrogen-bond acceptors (Lipinski definition) is 3. The summed E-state index contributed by atoms with van der Waals surface area (Å²) in [6, 6.07) is 22.3. The van der Waals surface area contributed by atoms with Gasteiger partial charge >= 0.3 is 5.97 Å². The minimum atomic E-state index is -0.381. The van der Waals surface area contributed by atoms with E-state index >= 15 is 0 Å². The van der Waals surface area contributed by atoms with Gasteiger partial charge in [-0.1, -0.05) is 107 Å². The number of carbonyl (C=O) groups is 1. The molecule has 0 saturated heterocycles.